The summed E-state index contributed by atoms with van der Waals surface area (Å²) in [6.07, 6.45) is 6.85. The van der Waals surface area contributed by atoms with Gasteiger partial charge in [-0.15, -0.1) is 0 Å². The smallest absolute Gasteiger partial charge is 0.303 e. The number of phenolic OH excluding ortho intramolecular Hbond substituents is 1. The summed E-state index contributed by atoms with van der Waals surface area (Å²) in [5.41, 5.74) is 2.93. The number of carboxylic acid groups (broad SMARTS) is 1. The normalized spacial score (nSPS) is 30.4. The first kappa shape index (κ1) is 16.2. The van der Waals surface area contributed by atoms with Crippen LogP contribution in [-0.4, -0.2) is 21.8 Å². The molecule has 1 saturated carbocycles. The Morgan fingerprint density at radius 2 is 1.88 bits per heavy atom. The molecule has 24 heavy (non-hydrogen) atoms. The van der Waals surface area contributed by atoms with E-state index in [9.17, 15) is 9.90 Å². The van der Waals surface area contributed by atoms with Crippen LogP contribution in [0, 0.1) is 0 Å². The van der Waals surface area contributed by atoms with E-state index in [-0.39, 0.29) is 6.42 Å². The molecule has 2 bridgehead atoms. The van der Waals surface area contributed by atoms with E-state index in [4.69, 9.17) is 9.84 Å². The van der Waals surface area contributed by atoms with Crippen LogP contribution in [-0.2, 0) is 11.2 Å². The molecule has 4 nitrogen and oxygen atoms in total. The Morgan fingerprint density at radius 3 is 2.50 bits per heavy atom. The third kappa shape index (κ3) is 2.43. The minimum absolute atomic E-state index is 0.124. The summed E-state index contributed by atoms with van der Waals surface area (Å²) in [5, 5.41) is 19.8. The quantitative estimate of drug-likeness (QED) is 0.767. The zero-order valence-electron chi connectivity index (χ0n) is 13.9. The molecule has 130 valence electrons. The van der Waals surface area contributed by atoms with Crippen molar-refractivity contribution in [2.45, 2.75) is 75.7 Å². The standard InChI is InChI=1S/C19H23BrO4/c1-19(9-7-13(21)22)8-6-12-16(20)17(23)14-10-2-4-11(5-3-10)15(14)18(12)24-19/h10-11,23H,2-9H2,1H3,(H,21,22). The lowest BCUT2D eigenvalue weighted by atomic mass is 9.65. The van der Waals surface area contributed by atoms with Gasteiger partial charge in [-0.2, -0.15) is 0 Å². The van der Waals surface area contributed by atoms with Crippen LogP contribution >= 0.6 is 15.9 Å². The summed E-state index contributed by atoms with van der Waals surface area (Å²) >= 11 is 3.59. The Kier molecular flexibility index (Phi) is 3.83. The Bertz CT molecular complexity index is 706. The van der Waals surface area contributed by atoms with Crippen LogP contribution in [0.15, 0.2) is 4.47 Å². The van der Waals surface area contributed by atoms with Crippen LogP contribution in [0.4, 0.5) is 0 Å². The number of hydrogen-bond acceptors (Lipinski definition) is 3. The highest BCUT2D eigenvalue weighted by atomic mass is 79.9. The predicted molar refractivity (Wildman–Crippen MR) is 94.0 cm³/mol. The fraction of sp³-hybridized carbons (Fsp3) is 0.632. The highest BCUT2D eigenvalue weighted by molar-refractivity contribution is 9.10. The monoisotopic (exact) mass is 394 g/mol. The van der Waals surface area contributed by atoms with Crippen molar-refractivity contribution in [2.24, 2.45) is 0 Å². The van der Waals surface area contributed by atoms with Crippen molar-refractivity contribution in [3.8, 4) is 11.5 Å². The lowest BCUT2D eigenvalue weighted by molar-refractivity contribution is -0.138. The number of benzene rings is 1. The predicted octanol–water partition coefficient (Wildman–Crippen LogP) is 4.86. The lowest BCUT2D eigenvalue weighted by Crippen LogP contribution is -2.38. The first-order valence-electron chi connectivity index (χ1n) is 8.87. The largest absolute Gasteiger partial charge is 0.506 e. The highest BCUT2D eigenvalue weighted by Crippen LogP contribution is 2.59. The van der Waals surface area contributed by atoms with Gasteiger partial charge >= 0.3 is 5.97 Å². The number of aliphatic carboxylic acids is 1. The van der Waals surface area contributed by atoms with Crippen molar-refractivity contribution in [1.29, 1.82) is 0 Å². The second kappa shape index (κ2) is 5.65. The van der Waals surface area contributed by atoms with Gasteiger partial charge in [-0.3, -0.25) is 4.79 Å². The summed E-state index contributed by atoms with van der Waals surface area (Å²) < 4.78 is 7.23. The van der Waals surface area contributed by atoms with E-state index < -0.39 is 11.6 Å². The second-order valence-electron chi connectivity index (χ2n) is 7.79. The zero-order valence-corrected chi connectivity index (χ0v) is 15.5. The van der Waals surface area contributed by atoms with Crippen molar-refractivity contribution >= 4 is 21.9 Å². The average Bonchev–Trinajstić information content (AvgIpc) is 2.58. The first-order valence-corrected chi connectivity index (χ1v) is 9.67. The second-order valence-corrected chi connectivity index (χ2v) is 8.58. The summed E-state index contributed by atoms with van der Waals surface area (Å²) in [7, 11) is 0. The Balaban J connectivity index is 1.79. The summed E-state index contributed by atoms with van der Waals surface area (Å²) in [6.45, 7) is 2.02. The number of fused-ring (bicyclic) bond motifs is 3. The molecule has 1 unspecified atom stereocenters. The number of carbonyl (C=O) groups is 1. The molecule has 0 spiro atoms. The van der Waals surface area contributed by atoms with E-state index in [0.717, 1.165) is 47.0 Å². The van der Waals surface area contributed by atoms with E-state index >= 15 is 0 Å². The Labute approximate surface area is 150 Å². The molecule has 2 N–H and O–H groups in total. The lowest BCUT2D eigenvalue weighted by Gasteiger charge is -2.44. The zero-order chi connectivity index (χ0) is 17.1. The summed E-state index contributed by atoms with van der Waals surface area (Å²) in [5.74, 6) is 1.47. The van der Waals surface area contributed by atoms with E-state index in [1.54, 1.807) is 0 Å². The van der Waals surface area contributed by atoms with Crippen LogP contribution < -0.4 is 4.74 Å². The highest BCUT2D eigenvalue weighted by Gasteiger charge is 2.43. The average molecular weight is 395 g/mol. The minimum atomic E-state index is -0.779. The number of carboxylic acids is 1. The van der Waals surface area contributed by atoms with E-state index in [1.165, 1.54) is 18.4 Å². The molecule has 0 saturated heterocycles. The molecule has 0 radical (unpaired) electrons. The molecule has 1 atom stereocenters. The Hall–Kier alpha value is -1.23. The summed E-state index contributed by atoms with van der Waals surface area (Å²) in [4.78, 5) is 11.0. The molecule has 1 heterocycles. The molecular formula is C19H23BrO4. The number of ether oxygens (including phenoxy) is 1. The molecule has 1 aromatic rings. The van der Waals surface area contributed by atoms with Crippen molar-refractivity contribution in [3.05, 3.63) is 21.2 Å². The van der Waals surface area contributed by atoms with Gasteiger partial charge in [0.2, 0.25) is 0 Å². The molecule has 5 heteroatoms. The van der Waals surface area contributed by atoms with Crippen molar-refractivity contribution in [1.82, 2.24) is 0 Å². The third-order valence-corrected chi connectivity index (χ3v) is 7.05. The fourth-order valence-corrected chi connectivity index (χ4v) is 5.43. The Morgan fingerprint density at radius 1 is 1.25 bits per heavy atom. The fourth-order valence-electron chi connectivity index (χ4n) is 4.84. The maximum absolute atomic E-state index is 11.0. The number of halogens is 1. The topological polar surface area (TPSA) is 66.8 Å². The van der Waals surface area contributed by atoms with Crippen LogP contribution in [0.1, 0.15) is 80.4 Å². The number of aromatic hydroxyl groups is 1. The number of hydrogen-bond donors (Lipinski definition) is 2. The maximum atomic E-state index is 11.0. The molecule has 1 fully saturated rings. The molecule has 1 aliphatic heterocycles. The molecule has 0 aromatic heterocycles. The minimum Gasteiger partial charge on any atom is -0.506 e. The van der Waals surface area contributed by atoms with Crippen LogP contribution in [0.2, 0.25) is 0 Å². The molecule has 3 aliphatic carbocycles. The van der Waals surface area contributed by atoms with Crippen molar-refractivity contribution < 1.29 is 19.7 Å². The van der Waals surface area contributed by atoms with Crippen LogP contribution in [0.25, 0.3) is 0 Å². The van der Waals surface area contributed by atoms with Gasteiger partial charge in [0.05, 0.1) is 4.47 Å². The first-order chi connectivity index (χ1) is 11.4. The maximum Gasteiger partial charge on any atom is 0.303 e. The van der Waals surface area contributed by atoms with Gasteiger partial charge in [-0.1, -0.05) is 0 Å². The summed E-state index contributed by atoms with van der Waals surface area (Å²) in [6, 6.07) is 0. The van der Waals surface area contributed by atoms with E-state index in [1.807, 2.05) is 6.92 Å². The van der Waals surface area contributed by atoms with Crippen molar-refractivity contribution in [3.63, 3.8) is 0 Å². The molecule has 0 amide bonds. The molecule has 4 aliphatic rings. The van der Waals surface area contributed by atoms with E-state index in [0.29, 0.717) is 24.0 Å². The van der Waals surface area contributed by atoms with Gasteiger partial charge in [0, 0.05) is 23.1 Å². The van der Waals surface area contributed by atoms with Crippen LogP contribution in [0.5, 0.6) is 11.5 Å². The molecule has 1 aromatic carbocycles. The van der Waals surface area contributed by atoms with Gasteiger partial charge in [-0.05, 0) is 79.6 Å². The SMILES string of the molecule is CC1(CCC(=O)O)CCc2c(Br)c(O)c3c(c2O1)C1CCC3CC1. The van der Waals surface area contributed by atoms with Gasteiger partial charge < -0.3 is 14.9 Å². The molecular weight excluding hydrogens is 372 g/mol. The third-order valence-electron chi connectivity index (χ3n) is 6.20. The molecule has 5 rings (SSSR count). The van der Waals surface area contributed by atoms with Gasteiger partial charge in [0.15, 0.2) is 0 Å². The van der Waals surface area contributed by atoms with Gasteiger partial charge in [0.25, 0.3) is 0 Å². The number of rotatable bonds is 3. The van der Waals surface area contributed by atoms with Crippen molar-refractivity contribution in [2.75, 3.05) is 0 Å². The van der Waals surface area contributed by atoms with Crippen LogP contribution in [0.3, 0.4) is 0 Å². The van der Waals surface area contributed by atoms with E-state index in [2.05, 4.69) is 15.9 Å². The number of phenols is 1. The van der Waals surface area contributed by atoms with Gasteiger partial charge in [0.1, 0.15) is 17.1 Å². The van der Waals surface area contributed by atoms with Gasteiger partial charge in [-0.25, -0.2) is 0 Å².